The van der Waals surface area contributed by atoms with Gasteiger partial charge in [0.1, 0.15) is 36.0 Å². The highest BCUT2D eigenvalue weighted by Crippen LogP contribution is 2.16. The zero-order valence-corrected chi connectivity index (χ0v) is 42.0. The van der Waals surface area contributed by atoms with Gasteiger partial charge in [-0.3, -0.25) is 43.2 Å². The molecule has 15 N–H and O–H groups in total. The molecule has 0 bridgehead atoms. The number of carboxylic acid groups (broad SMARTS) is 1. The van der Waals surface area contributed by atoms with Crippen molar-refractivity contribution in [2.45, 2.75) is 134 Å². The Hall–Kier alpha value is -6.85. The summed E-state index contributed by atoms with van der Waals surface area (Å²) in [7, 11) is 0. The number of unbranched alkanes of at least 4 members (excludes halogenated alkanes) is 1. The number of imidazole rings is 1. The van der Waals surface area contributed by atoms with Gasteiger partial charge in [-0.25, -0.2) is 4.98 Å². The number of nitrogens with one attached hydrogen (secondary N) is 7. The van der Waals surface area contributed by atoms with E-state index >= 15 is 0 Å². The Labute approximate surface area is 423 Å². The standard InChI is InChI=1S/C49H71N11O11S/c1-28(2)22-37(45(67)56-36(12-8-9-20-50)49(71)72-21-19-41(63)64)57-46(68)38(24-30-10-6-5-7-11-30)59-48(70)42(29(3)4)60-47(69)39(25-32-26-53-27-54-32)58-44(66)35(17-18-40(52)62)55-43(65)34(51)23-31-13-15-33(61)16-14-31/h5-7,10-11,13-16,26-29,34-39,42,61H,8-9,12,17-25,50-51H2,1-4H3,(H2,52,62)(H,53,54)(H,55,65)(H,56,67)(H,57,68)(H,58,66)(H,59,70)(H,60,69)(H,63,64)/t34-,35-,36-,37-,38-,39-,42-/m0/s1. The third-order valence-electron chi connectivity index (χ3n) is 11.3. The lowest BCUT2D eigenvalue weighted by atomic mass is 9.99. The monoisotopic (exact) mass is 1020 g/mol. The van der Waals surface area contributed by atoms with Crippen molar-refractivity contribution in [1.29, 1.82) is 0 Å². The van der Waals surface area contributed by atoms with Gasteiger partial charge in [0, 0.05) is 36.9 Å². The molecule has 1 aromatic heterocycles. The van der Waals surface area contributed by atoms with Gasteiger partial charge in [-0.2, -0.15) is 0 Å². The number of aromatic nitrogens is 2. The van der Waals surface area contributed by atoms with Crippen molar-refractivity contribution in [1.82, 2.24) is 41.9 Å². The number of aromatic hydroxyl groups is 1. The molecule has 3 rings (SSSR count). The average molecular weight is 1020 g/mol. The molecule has 2 aromatic carbocycles. The number of hydrogen-bond donors (Lipinski definition) is 12. The number of carbonyl (C=O) groups is 9. The lowest BCUT2D eigenvalue weighted by molar-refractivity contribution is -0.136. The van der Waals surface area contributed by atoms with Crippen molar-refractivity contribution in [2.75, 3.05) is 12.3 Å². The summed E-state index contributed by atoms with van der Waals surface area (Å²) in [6.45, 7) is 7.35. The number of benzene rings is 2. The quantitative estimate of drug-likeness (QED) is 0.0372. The number of phenols is 1. The maximum atomic E-state index is 14.4. The highest BCUT2D eigenvalue weighted by molar-refractivity contribution is 8.13. The summed E-state index contributed by atoms with van der Waals surface area (Å²) in [6.07, 6.45) is 3.25. The second-order valence-electron chi connectivity index (χ2n) is 18.2. The number of hydrogen-bond acceptors (Lipinski definition) is 14. The minimum atomic E-state index is -1.40. The molecule has 3 aromatic rings. The summed E-state index contributed by atoms with van der Waals surface area (Å²) in [5, 5.41) is 34.5. The second-order valence-corrected chi connectivity index (χ2v) is 19.3. The third-order valence-corrected chi connectivity index (χ3v) is 12.2. The molecular weight excluding hydrogens is 951 g/mol. The van der Waals surface area contributed by atoms with Crippen LogP contribution in [0.25, 0.3) is 0 Å². The molecule has 0 saturated carbocycles. The van der Waals surface area contributed by atoms with Crippen molar-refractivity contribution in [3.8, 4) is 5.75 Å². The number of nitrogens with two attached hydrogens (primary N) is 3. The van der Waals surface area contributed by atoms with Crippen molar-refractivity contribution in [3.05, 3.63) is 83.9 Å². The predicted octanol–water partition coefficient (Wildman–Crippen LogP) is 0.210. The van der Waals surface area contributed by atoms with Crippen LogP contribution in [0.4, 0.5) is 0 Å². The Morgan fingerprint density at radius 3 is 1.82 bits per heavy atom. The number of amides is 7. The summed E-state index contributed by atoms with van der Waals surface area (Å²) in [4.78, 5) is 127. The Morgan fingerprint density at radius 2 is 1.22 bits per heavy atom. The number of aliphatic carboxylic acids is 1. The lowest BCUT2D eigenvalue weighted by Gasteiger charge is -2.29. The number of carboxylic acids is 1. The third kappa shape index (κ3) is 21.6. The molecule has 0 radical (unpaired) electrons. The van der Waals surface area contributed by atoms with E-state index in [1.807, 2.05) is 13.8 Å². The van der Waals surface area contributed by atoms with Crippen LogP contribution in [-0.2, 0) is 62.4 Å². The molecule has 0 unspecified atom stereocenters. The minimum absolute atomic E-state index is 0.000506. The molecule has 0 spiro atoms. The number of primary amides is 1. The van der Waals surface area contributed by atoms with Crippen molar-refractivity contribution in [2.24, 2.45) is 29.0 Å². The smallest absolute Gasteiger partial charge is 0.304 e. The van der Waals surface area contributed by atoms with E-state index in [1.54, 1.807) is 56.3 Å². The molecule has 394 valence electrons. The molecule has 7 amide bonds. The number of carbonyl (C=O) groups excluding carboxylic acids is 8. The Kier molecular flexibility index (Phi) is 25.4. The SMILES string of the molecule is CC(C)C[C@H](NC(=O)[C@H](Cc1ccccc1)NC(=O)[C@@H](NC(=O)[C@H](Cc1cnc[nH]1)NC(=O)[C@H](CCC(N)=O)NC(=O)[C@@H](N)Cc1ccc(O)cc1)C(C)C)C(=O)N[C@@H](CCCCN)C(=O)SCCC(=O)O. The van der Waals surface area contributed by atoms with Crippen LogP contribution in [0, 0.1) is 11.8 Å². The van der Waals surface area contributed by atoms with Gasteiger partial charge in [-0.15, -0.1) is 0 Å². The molecular formula is C49H71N11O11S. The van der Waals surface area contributed by atoms with Crippen molar-refractivity contribution < 1.29 is 53.4 Å². The number of aromatic amines is 1. The van der Waals surface area contributed by atoms with Gasteiger partial charge in [-0.05, 0) is 80.2 Å². The number of thioether (sulfide) groups is 1. The zero-order chi connectivity index (χ0) is 53.3. The van der Waals surface area contributed by atoms with Crippen LogP contribution in [0.1, 0.15) is 89.5 Å². The summed E-state index contributed by atoms with van der Waals surface area (Å²) in [5.41, 5.74) is 18.9. The molecule has 0 fully saturated rings. The fourth-order valence-corrected chi connectivity index (χ4v) is 8.20. The normalized spacial score (nSPS) is 14.1. The first-order chi connectivity index (χ1) is 34.2. The zero-order valence-electron chi connectivity index (χ0n) is 41.2. The molecule has 1 heterocycles. The first kappa shape index (κ1) is 59.5. The van der Waals surface area contributed by atoms with Gasteiger partial charge in [0.05, 0.1) is 24.8 Å². The molecule has 0 aliphatic rings. The number of H-pyrrole nitrogens is 1. The van der Waals surface area contributed by atoms with Crippen LogP contribution in [0.5, 0.6) is 5.75 Å². The Morgan fingerprint density at radius 1 is 0.653 bits per heavy atom. The Balaban J connectivity index is 1.88. The Bertz CT molecular complexity index is 2250. The highest BCUT2D eigenvalue weighted by atomic mass is 32.2. The van der Waals surface area contributed by atoms with Crippen LogP contribution in [-0.4, -0.2) is 127 Å². The number of phenolic OH excluding ortho intramolecular Hbond substituents is 1. The van der Waals surface area contributed by atoms with Crippen LogP contribution < -0.4 is 49.1 Å². The van der Waals surface area contributed by atoms with Gasteiger partial charge < -0.3 is 64.3 Å². The van der Waals surface area contributed by atoms with Crippen LogP contribution in [0.2, 0.25) is 0 Å². The van der Waals surface area contributed by atoms with E-state index in [0.717, 1.165) is 11.8 Å². The molecule has 0 saturated heterocycles. The van der Waals surface area contributed by atoms with Gasteiger partial charge in [0.15, 0.2) is 0 Å². The first-order valence-electron chi connectivity index (χ1n) is 23.9. The van der Waals surface area contributed by atoms with Gasteiger partial charge >= 0.3 is 5.97 Å². The molecule has 72 heavy (non-hydrogen) atoms. The molecule has 23 heteroatoms. The van der Waals surface area contributed by atoms with E-state index in [4.69, 9.17) is 22.3 Å². The minimum Gasteiger partial charge on any atom is -0.508 e. The lowest BCUT2D eigenvalue weighted by Crippen LogP contribution is -2.61. The van der Waals surface area contributed by atoms with E-state index in [1.165, 1.54) is 24.7 Å². The fourth-order valence-electron chi connectivity index (χ4n) is 7.35. The van der Waals surface area contributed by atoms with Gasteiger partial charge in [0.25, 0.3) is 0 Å². The highest BCUT2D eigenvalue weighted by Gasteiger charge is 2.35. The molecule has 7 atom stereocenters. The van der Waals surface area contributed by atoms with E-state index in [2.05, 4.69) is 41.9 Å². The summed E-state index contributed by atoms with van der Waals surface area (Å²) < 4.78 is 0. The van der Waals surface area contributed by atoms with Gasteiger partial charge in [-0.1, -0.05) is 81.9 Å². The van der Waals surface area contributed by atoms with Crippen molar-refractivity contribution in [3.63, 3.8) is 0 Å². The van der Waals surface area contributed by atoms with E-state index < -0.39 is 101 Å². The molecule has 0 aliphatic heterocycles. The van der Waals surface area contributed by atoms with Crippen LogP contribution >= 0.6 is 11.8 Å². The molecule has 22 nitrogen and oxygen atoms in total. The van der Waals surface area contributed by atoms with E-state index in [-0.39, 0.29) is 68.8 Å². The molecule has 0 aliphatic carbocycles. The number of rotatable bonds is 32. The fraction of sp³-hybridized carbons (Fsp3) is 0.510. The van der Waals surface area contributed by atoms with Crippen LogP contribution in [0.15, 0.2) is 67.1 Å². The summed E-state index contributed by atoms with van der Waals surface area (Å²) in [5.74, 6) is -7.15. The topological polar surface area (TPSA) is 373 Å². The first-order valence-corrected chi connectivity index (χ1v) is 24.9. The second kappa shape index (κ2) is 30.8. The number of nitrogens with zero attached hydrogens (tertiary/aromatic N) is 1. The largest absolute Gasteiger partial charge is 0.508 e. The average Bonchev–Trinajstić information content (AvgIpc) is 3.84. The van der Waals surface area contributed by atoms with Gasteiger partial charge in [0.2, 0.25) is 46.5 Å². The van der Waals surface area contributed by atoms with E-state index in [0.29, 0.717) is 36.2 Å². The summed E-state index contributed by atoms with van der Waals surface area (Å²) in [6, 6.07) is 6.08. The predicted molar refractivity (Wildman–Crippen MR) is 269 cm³/mol. The summed E-state index contributed by atoms with van der Waals surface area (Å²) >= 11 is 0.791. The van der Waals surface area contributed by atoms with Crippen LogP contribution in [0.3, 0.4) is 0 Å². The van der Waals surface area contributed by atoms with E-state index in [9.17, 15) is 48.3 Å². The van der Waals surface area contributed by atoms with Crippen molar-refractivity contribution >= 4 is 64.2 Å². The maximum Gasteiger partial charge on any atom is 0.304 e. The maximum absolute atomic E-state index is 14.4.